The molecule has 0 aromatic rings. The smallest absolute Gasteiger partial charge is 0.0720 e. The van der Waals surface area contributed by atoms with Crippen molar-refractivity contribution in [1.29, 1.82) is 0 Å². The molecule has 0 rings (SSSR count). The lowest BCUT2D eigenvalue weighted by Crippen LogP contribution is -2.30. The molecule has 0 spiro atoms. The summed E-state index contributed by atoms with van der Waals surface area (Å²) in [5, 5.41) is 0.445. The van der Waals surface area contributed by atoms with Gasteiger partial charge in [-0.25, -0.2) is 0 Å². The summed E-state index contributed by atoms with van der Waals surface area (Å²) in [7, 11) is 1.32. The van der Waals surface area contributed by atoms with Gasteiger partial charge in [0.2, 0.25) is 0 Å². The Hall–Kier alpha value is 0.0649. The van der Waals surface area contributed by atoms with Gasteiger partial charge in [-0.05, 0) is 10.8 Å². The van der Waals surface area contributed by atoms with Crippen LogP contribution in [0.3, 0.4) is 0 Å². The van der Waals surface area contributed by atoms with Gasteiger partial charge >= 0.3 is 0 Å². The van der Waals surface area contributed by atoms with Crippen molar-refractivity contribution in [3.8, 4) is 0 Å². The maximum atomic E-state index is 2.39. The predicted octanol–water partition coefficient (Wildman–Crippen LogP) is 4.13. The van der Waals surface area contributed by atoms with Gasteiger partial charge in [0.15, 0.2) is 0 Å². The minimum absolute atomic E-state index is 0.415. The van der Waals surface area contributed by atoms with E-state index in [9.17, 15) is 0 Å². The highest BCUT2D eigenvalue weighted by Crippen LogP contribution is 2.45. The van der Waals surface area contributed by atoms with Gasteiger partial charge < -0.3 is 0 Å². The van der Waals surface area contributed by atoms with Crippen LogP contribution >= 0.6 is 0 Å². The summed E-state index contributed by atoms with van der Waals surface area (Å²) in [6, 6.07) is 0. The molecule has 0 nitrogen and oxygen atoms in total. The molecule has 0 aliphatic carbocycles. The molecule has 78 valence electrons. The molecule has 0 aromatic heterocycles. The molecule has 0 heterocycles. The van der Waals surface area contributed by atoms with Gasteiger partial charge in [-0.15, -0.1) is 0 Å². The lowest BCUT2D eigenvalue weighted by molar-refractivity contribution is 0.294. The van der Waals surface area contributed by atoms with Gasteiger partial charge in [-0.1, -0.05) is 67.0 Å². The Labute approximate surface area is 85.7 Å². The van der Waals surface area contributed by atoms with Crippen molar-refractivity contribution in [3.05, 3.63) is 0 Å². The van der Waals surface area contributed by atoms with Crippen molar-refractivity contribution in [3.63, 3.8) is 0 Å². The summed E-state index contributed by atoms with van der Waals surface area (Å²) in [6.45, 7) is 18.8. The number of rotatable bonds is 2. The van der Waals surface area contributed by atoms with E-state index in [0.29, 0.717) is 16.1 Å². The zero-order valence-corrected chi connectivity index (χ0v) is 10.9. The summed E-state index contributed by atoms with van der Waals surface area (Å²) in [5.74, 6) is 0. The normalized spacial score (nSPS) is 14.5. The standard InChI is InChI=1S/C12H27B/c1-10(2,3)9-13-12(7,8)11(4,5)6/h13H,9H2,1-8H3. The minimum Gasteiger partial charge on any atom is -0.0720 e. The minimum atomic E-state index is 0.415. The van der Waals surface area contributed by atoms with Crippen LogP contribution in [0.15, 0.2) is 0 Å². The quantitative estimate of drug-likeness (QED) is 0.563. The fourth-order valence-corrected chi connectivity index (χ4v) is 1.06. The van der Waals surface area contributed by atoms with E-state index in [1.807, 2.05) is 0 Å². The van der Waals surface area contributed by atoms with E-state index in [4.69, 9.17) is 0 Å². The molecule has 0 saturated heterocycles. The monoisotopic (exact) mass is 182 g/mol. The second-order valence-electron chi connectivity index (χ2n) is 7.19. The number of hydrogen-bond acceptors (Lipinski definition) is 0. The topological polar surface area (TPSA) is 0 Å². The van der Waals surface area contributed by atoms with E-state index >= 15 is 0 Å². The van der Waals surface area contributed by atoms with Crippen LogP contribution in [0.2, 0.25) is 11.6 Å². The Balaban J connectivity index is 4.21. The van der Waals surface area contributed by atoms with Crippen molar-refractivity contribution in [1.82, 2.24) is 0 Å². The molecule has 0 bridgehead atoms. The van der Waals surface area contributed by atoms with Crippen LogP contribution in [0.25, 0.3) is 0 Å². The molecule has 0 aliphatic heterocycles. The molecule has 0 N–H and O–H groups in total. The fraction of sp³-hybridized carbons (Fsp3) is 1.00. The van der Waals surface area contributed by atoms with Crippen LogP contribution in [-0.2, 0) is 0 Å². The van der Waals surface area contributed by atoms with Crippen LogP contribution in [0.4, 0.5) is 0 Å². The average molecular weight is 182 g/mol. The zero-order valence-electron chi connectivity index (χ0n) is 10.9. The molecule has 0 fully saturated rings. The fourth-order valence-electron chi connectivity index (χ4n) is 1.06. The first kappa shape index (κ1) is 13.1. The first-order valence-electron chi connectivity index (χ1n) is 5.46. The van der Waals surface area contributed by atoms with Gasteiger partial charge in [0.1, 0.15) is 7.28 Å². The second kappa shape index (κ2) is 3.67. The van der Waals surface area contributed by atoms with Crippen LogP contribution in [0.1, 0.15) is 55.4 Å². The van der Waals surface area contributed by atoms with Crippen molar-refractivity contribution in [2.24, 2.45) is 10.8 Å². The molecule has 13 heavy (non-hydrogen) atoms. The van der Waals surface area contributed by atoms with Crippen molar-refractivity contribution >= 4 is 7.28 Å². The number of hydrogen-bond donors (Lipinski definition) is 0. The maximum Gasteiger partial charge on any atom is 0.128 e. The molecule has 0 radical (unpaired) electrons. The summed E-state index contributed by atoms with van der Waals surface area (Å²) in [6.07, 6.45) is 1.32. The molecular formula is C12H27B. The van der Waals surface area contributed by atoms with Gasteiger partial charge in [-0.2, -0.15) is 0 Å². The van der Waals surface area contributed by atoms with Crippen molar-refractivity contribution < 1.29 is 0 Å². The molecule has 1 heteroatoms. The highest BCUT2D eigenvalue weighted by Gasteiger charge is 2.34. The molecule has 0 amide bonds. The van der Waals surface area contributed by atoms with E-state index in [1.165, 1.54) is 13.6 Å². The first-order valence-corrected chi connectivity index (χ1v) is 5.46. The predicted molar refractivity (Wildman–Crippen MR) is 64.9 cm³/mol. The van der Waals surface area contributed by atoms with Crippen molar-refractivity contribution in [2.45, 2.75) is 67.0 Å². The summed E-state index contributed by atoms with van der Waals surface area (Å²) in [4.78, 5) is 0. The van der Waals surface area contributed by atoms with Crippen LogP contribution in [0, 0.1) is 10.8 Å². The third-order valence-corrected chi connectivity index (χ3v) is 3.53. The summed E-state index contributed by atoms with van der Waals surface area (Å²) >= 11 is 0. The van der Waals surface area contributed by atoms with E-state index < -0.39 is 0 Å². The van der Waals surface area contributed by atoms with E-state index in [2.05, 4.69) is 55.4 Å². The summed E-state index contributed by atoms with van der Waals surface area (Å²) in [5.41, 5.74) is 0.890. The SMILES string of the molecule is CC(C)(C)CBC(C)(C)C(C)(C)C. The third-order valence-electron chi connectivity index (χ3n) is 3.53. The average Bonchev–Trinajstić information content (AvgIpc) is 1.79. The first-order chi connectivity index (χ1) is 5.46. The van der Waals surface area contributed by atoms with E-state index in [1.54, 1.807) is 0 Å². The Morgan fingerprint density at radius 3 is 1.38 bits per heavy atom. The Morgan fingerprint density at radius 2 is 1.15 bits per heavy atom. The van der Waals surface area contributed by atoms with Crippen LogP contribution in [0.5, 0.6) is 0 Å². The molecule has 0 aromatic carbocycles. The van der Waals surface area contributed by atoms with Gasteiger partial charge in [0.25, 0.3) is 0 Å². The molecule has 0 unspecified atom stereocenters. The van der Waals surface area contributed by atoms with Crippen LogP contribution < -0.4 is 0 Å². The van der Waals surface area contributed by atoms with Crippen molar-refractivity contribution in [2.75, 3.05) is 0 Å². The highest BCUT2D eigenvalue weighted by atomic mass is 14.3. The largest absolute Gasteiger partial charge is 0.128 e. The molecule has 0 aliphatic rings. The Bertz CT molecular complexity index is 155. The van der Waals surface area contributed by atoms with Crippen LogP contribution in [-0.4, -0.2) is 7.28 Å². The lowest BCUT2D eigenvalue weighted by Gasteiger charge is -2.40. The third kappa shape index (κ3) is 4.74. The Morgan fingerprint density at radius 1 is 0.769 bits per heavy atom. The van der Waals surface area contributed by atoms with Gasteiger partial charge in [0.05, 0.1) is 0 Å². The van der Waals surface area contributed by atoms with E-state index in [-0.39, 0.29) is 0 Å². The Kier molecular flexibility index (Phi) is 3.69. The second-order valence-corrected chi connectivity index (χ2v) is 7.19. The van der Waals surface area contributed by atoms with Gasteiger partial charge in [-0.3, -0.25) is 0 Å². The maximum absolute atomic E-state index is 2.39. The lowest BCUT2D eigenvalue weighted by atomic mass is 9.41. The van der Waals surface area contributed by atoms with Gasteiger partial charge in [0, 0.05) is 0 Å². The summed E-state index contributed by atoms with van der Waals surface area (Å²) < 4.78 is 0. The zero-order chi connectivity index (χ0) is 10.9. The van der Waals surface area contributed by atoms with E-state index in [0.717, 1.165) is 0 Å². The molecular weight excluding hydrogens is 155 g/mol. The highest BCUT2D eigenvalue weighted by molar-refractivity contribution is 6.40. The molecule has 0 saturated carbocycles. The molecule has 0 atom stereocenters.